The van der Waals surface area contributed by atoms with Gasteiger partial charge in [-0.3, -0.25) is 14.9 Å². The number of ether oxygens (including phenoxy) is 3. The summed E-state index contributed by atoms with van der Waals surface area (Å²) >= 11 is 6.30. The van der Waals surface area contributed by atoms with E-state index in [1.807, 2.05) is 25.1 Å². The molecule has 1 heterocycles. The van der Waals surface area contributed by atoms with Crippen LogP contribution in [0.3, 0.4) is 0 Å². The first-order valence-electron chi connectivity index (χ1n) is 12.2. The van der Waals surface area contributed by atoms with Crippen LogP contribution in [0.25, 0.3) is 6.08 Å². The van der Waals surface area contributed by atoms with Gasteiger partial charge in [0.1, 0.15) is 17.9 Å². The zero-order valence-electron chi connectivity index (χ0n) is 21.5. The maximum absolute atomic E-state index is 13.3. The van der Waals surface area contributed by atoms with Crippen molar-refractivity contribution >= 4 is 41.2 Å². The van der Waals surface area contributed by atoms with Crippen molar-refractivity contribution in [3.63, 3.8) is 0 Å². The van der Waals surface area contributed by atoms with Gasteiger partial charge in [0.05, 0.1) is 19.4 Å². The number of halogens is 1. The van der Waals surface area contributed by atoms with Gasteiger partial charge in [0, 0.05) is 16.1 Å². The number of nitrogens with zero attached hydrogens (tertiary/aromatic N) is 1. The zero-order valence-corrected chi connectivity index (χ0v) is 22.3. The van der Waals surface area contributed by atoms with E-state index >= 15 is 0 Å². The molecule has 1 aliphatic rings. The predicted molar refractivity (Wildman–Crippen MR) is 149 cm³/mol. The molecule has 0 spiro atoms. The summed E-state index contributed by atoms with van der Waals surface area (Å²) in [6.07, 6.45) is 3.58. The molecule has 1 aliphatic heterocycles. The Morgan fingerprint density at radius 2 is 1.74 bits per heavy atom. The first-order valence-corrected chi connectivity index (χ1v) is 12.6. The Labute approximate surface area is 231 Å². The van der Waals surface area contributed by atoms with Crippen LogP contribution in [-0.4, -0.2) is 31.6 Å². The molecule has 1 N–H and O–H groups in total. The molecular weight excluding hydrogens is 520 g/mol. The molecule has 1 saturated heterocycles. The summed E-state index contributed by atoms with van der Waals surface area (Å²) in [4.78, 5) is 39.5. The number of hydrogen-bond acceptors (Lipinski definition) is 6. The lowest BCUT2D eigenvalue weighted by atomic mass is 10.0. The van der Waals surface area contributed by atoms with Crippen molar-refractivity contribution in [3.05, 3.63) is 101 Å². The number of hydrogen-bond donors (Lipinski definition) is 1. The SMILES string of the molecule is C=CCc1cc(/C=C2\C(=O)NC(=O)N(c3ccc(OC)cc3)C2=O)cc(OCC)c1OCc1ccccc1Cl. The summed E-state index contributed by atoms with van der Waals surface area (Å²) in [5.74, 6) is -0.0467. The normalized spacial score (nSPS) is 14.3. The zero-order chi connectivity index (χ0) is 27.9. The summed E-state index contributed by atoms with van der Waals surface area (Å²) in [6.45, 7) is 6.24. The quantitative estimate of drug-likeness (QED) is 0.198. The van der Waals surface area contributed by atoms with Gasteiger partial charge < -0.3 is 14.2 Å². The van der Waals surface area contributed by atoms with Gasteiger partial charge >= 0.3 is 6.03 Å². The van der Waals surface area contributed by atoms with Crippen molar-refractivity contribution in [2.45, 2.75) is 20.0 Å². The lowest BCUT2D eigenvalue weighted by Gasteiger charge is -2.26. The number of allylic oxidation sites excluding steroid dienone is 1. The highest BCUT2D eigenvalue weighted by Gasteiger charge is 2.37. The minimum absolute atomic E-state index is 0.206. The molecule has 1 fully saturated rings. The van der Waals surface area contributed by atoms with Gasteiger partial charge in [-0.1, -0.05) is 35.9 Å². The predicted octanol–water partition coefficient (Wildman–Crippen LogP) is 5.72. The summed E-state index contributed by atoms with van der Waals surface area (Å²) in [5.41, 5.74) is 2.15. The van der Waals surface area contributed by atoms with E-state index in [-0.39, 0.29) is 12.2 Å². The van der Waals surface area contributed by atoms with Gasteiger partial charge in [0.15, 0.2) is 11.5 Å². The number of benzene rings is 3. The molecule has 3 aromatic rings. The summed E-state index contributed by atoms with van der Waals surface area (Å²) in [7, 11) is 1.51. The van der Waals surface area contributed by atoms with Gasteiger partial charge in [0.2, 0.25) is 0 Å². The fraction of sp³-hybridized carbons (Fsp3) is 0.167. The highest BCUT2D eigenvalue weighted by molar-refractivity contribution is 6.39. The van der Waals surface area contributed by atoms with Crippen LogP contribution in [0.15, 0.2) is 78.9 Å². The van der Waals surface area contributed by atoms with E-state index in [2.05, 4.69) is 11.9 Å². The topological polar surface area (TPSA) is 94.2 Å². The van der Waals surface area contributed by atoms with E-state index in [1.165, 1.54) is 13.2 Å². The van der Waals surface area contributed by atoms with E-state index in [0.717, 1.165) is 16.0 Å². The average Bonchev–Trinajstić information content (AvgIpc) is 2.92. The smallest absolute Gasteiger partial charge is 0.335 e. The number of methoxy groups -OCH3 is 1. The van der Waals surface area contributed by atoms with E-state index in [9.17, 15) is 14.4 Å². The van der Waals surface area contributed by atoms with Gasteiger partial charge in [-0.05, 0) is 67.4 Å². The third kappa shape index (κ3) is 6.13. The average molecular weight is 547 g/mol. The van der Waals surface area contributed by atoms with Crippen LogP contribution in [0, 0.1) is 0 Å². The van der Waals surface area contributed by atoms with Crippen molar-refractivity contribution in [2.75, 3.05) is 18.6 Å². The molecule has 8 nitrogen and oxygen atoms in total. The summed E-state index contributed by atoms with van der Waals surface area (Å²) < 4.78 is 17.2. The molecule has 0 aliphatic carbocycles. The molecule has 0 aromatic heterocycles. The van der Waals surface area contributed by atoms with Crippen LogP contribution in [0.1, 0.15) is 23.6 Å². The second-order valence-corrected chi connectivity index (χ2v) is 8.88. The van der Waals surface area contributed by atoms with Crippen LogP contribution in [0.5, 0.6) is 17.2 Å². The highest BCUT2D eigenvalue weighted by Crippen LogP contribution is 2.36. The monoisotopic (exact) mass is 546 g/mol. The number of nitrogens with one attached hydrogen (secondary N) is 1. The standard InChI is InChI=1S/C30H27ClN2O6/c1-4-8-20-15-19(17-26(38-5-2)27(20)39-18-21-9-6-7-10-25(21)31)16-24-28(34)32-30(36)33(29(24)35)22-11-13-23(37-3)14-12-22/h4,6-7,9-17H,1,5,8,18H2,2-3H3,(H,32,34,36)/b24-16+. The van der Waals surface area contributed by atoms with Crippen LogP contribution < -0.4 is 24.4 Å². The molecule has 3 aromatic carbocycles. The van der Waals surface area contributed by atoms with E-state index in [0.29, 0.717) is 46.5 Å². The molecule has 9 heteroatoms. The first-order chi connectivity index (χ1) is 18.9. The number of imide groups is 2. The molecule has 4 amide bonds. The van der Waals surface area contributed by atoms with Gasteiger partial charge in [0.25, 0.3) is 11.8 Å². The third-order valence-corrected chi connectivity index (χ3v) is 6.26. The Kier molecular flexibility index (Phi) is 8.68. The number of carbonyl (C=O) groups excluding carboxylic acids is 3. The molecular formula is C30H27ClN2O6. The first kappa shape index (κ1) is 27.5. The highest BCUT2D eigenvalue weighted by atomic mass is 35.5. The number of urea groups is 1. The lowest BCUT2D eigenvalue weighted by Crippen LogP contribution is -2.54. The minimum Gasteiger partial charge on any atom is -0.497 e. The fourth-order valence-electron chi connectivity index (χ4n) is 4.06. The molecule has 0 unspecified atom stereocenters. The Hall–Kier alpha value is -4.56. The Morgan fingerprint density at radius 3 is 2.41 bits per heavy atom. The number of anilines is 1. The molecule has 200 valence electrons. The molecule has 0 saturated carbocycles. The second-order valence-electron chi connectivity index (χ2n) is 8.47. The van der Waals surface area contributed by atoms with Crippen molar-refractivity contribution in [1.29, 1.82) is 0 Å². The minimum atomic E-state index is -0.835. The van der Waals surface area contributed by atoms with Crippen LogP contribution in [-0.2, 0) is 22.6 Å². The molecule has 0 atom stereocenters. The largest absolute Gasteiger partial charge is 0.497 e. The van der Waals surface area contributed by atoms with Crippen molar-refractivity contribution in [3.8, 4) is 17.2 Å². The third-order valence-electron chi connectivity index (χ3n) is 5.89. The Bertz CT molecular complexity index is 1450. The molecule has 39 heavy (non-hydrogen) atoms. The van der Waals surface area contributed by atoms with Gasteiger partial charge in [-0.2, -0.15) is 0 Å². The lowest BCUT2D eigenvalue weighted by molar-refractivity contribution is -0.122. The number of amides is 4. The maximum atomic E-state index is 13.3. The molecule has 0 bridgehead atoms. The summed E-state index contributed by atoms with van der Waals surface area (Å²) in [6, 6.07) is 16.4. The second kappa shape index (κ2) is 12.3. The van der Waals surface area contributed by atoms with Crippen molar-refractivity contribution in [1.82, 2.24) is 5.32 Å². The van der Waals surface area contributed by atoms with Crippen molar-refractivity contribution in [2.24, 2.45) is 0 Å². The maximum Gasteiger partial charge on any atom is 0.335 e. The van der Waals surface area contributed by atoms with Gasteiger partial charge in [-0.25, -0.2) is 9.69 Å². The van der Waals surface area contributed by atoms with E-state index < -0.39 is 17.8 Å². The van der Waals surface area contributed by atoms with E-state index in [4.69, 9.17) is 25.8 Å². The Morgan fingerprint density at radius 1 is 1.00 bits per heavy atom. The van der Waals surface area contributed by atoms with E-state index in [1.54, 1.807) is 48.5 Å². The number of barbiturate groups is 1. The van der Waals surface area contributed by atoms with Crippen LogP contribution in [0.4, 0.5) is 10.5 Å². The number of carbonyl (C=O) groups is 3. The van der Waals surface area contributed by atoms with Gasteiger partial charge in [-0.15, -0.1) is 6.58 Å². The number of rotatable bonds is 10. The summed E-state index contributed by atoms with van der Waals surface area (Å²) in [5, 5.41) is 2.82. The van der Waals surface area contributed by atoms with Crippen LogP contribution in [0.2, 0.25) is 5.02 Å². The van der Waals surface area contributed by atoms with Crippen LogP contribution >= 0.6 is 11.6 Å². The van der Waals surface area contributed by atoms with Crippen molar-refractivity contribution < 1.29 is 28.6 Å². The fourth-order valence-corrected chi connectivity index (χ4v) is 4.25. The molecule has 0 radical (unpaired) electrons. The molecule has 4 rings (SSSR count). The Balaban J connectivity index is 1.71.